The first-order valence-corrected chi connectivity index (χ1v) is 14.1. The van der Waals surface area contributed by atoms with Crippen molar-refractivity contribution in [3.05, 3.63) is 48.5 Å². The lowest BCUT2D eigenvalue weighted by Crippen LogP contribution is -2.41. The fourth-order valence-electron chi connectivity index (χ4n) is 5.60. The van der Waals surface area contributed by atoms with Gasteiger partial charge in [0.05, 0.1) is 0 Å². The van der Waals surface area contributed by atoms with Crippen LogP contribution in [-0.2, 0) is 0 Å². The van der Waals surface area contributed by atoms with Crippen molar-refractivity contribution in [3.63, 3.8) is 0 Å². The molecule has 0 heterocycles. The normalized spacial score (nSPS) is 11.9. The van der Waals surface area contributed by atoms with Crippen molar-refractivity contribution < 1.29 is 0 Å². The van der Waals surface area contributed by atoms with Crippen molar-refractivity contribution in [2.75, 3.05) is 32.7 Å². The number of hydrogen-bond donors (Lipinski definition) is 0. The highest BCUT2D eigenvalue weighted by molar-refractivity contribution is 5.59. The summed E-state index contributed by atoms with van der Waals surface area (Å²) in [6.45, 7) is 29.3. The molecule has 4 nitrogen and oxygen atoms in total. The SMILES string of the molecule is CC(C)N(CCN(c1ccc(N(C(C)C)C(C)C)cc1)C(C)C)c1ccc(N(C(C)C)C(C)C)cc1. The van der Waals surface area contributed by atoms with Gasteiger partial charge in [0.15, 0.2) is 0 Å². The first kappa shape index (κ1) is 29.9. The van der Waals surface area contributed by atoms with Crippen molar-refractivity contribution in [2.24, 2.45) is 0 Å². The summed E-state index contributed by atoms with van der Waals surface area (Å²) in [5.41, 5.74) is 5.19. The predicted molar refractivity (Wildman–Crippen MR) is 163 cm³/mol. The summed E-state index contributed by atoms with van der Waals surface area (Å²) in [7, 11) is 0. The molecule has 0 aliphatic rings. The van der Waals surface area contributed by atoms with Crippen LogP contribution in [0.3, 0.4) is 0 Å². The Morgan fingerprint density at radius 1 is 0.361 bits per heavy atom. The van der Waals surface area contributed by atoms with E-state index >= 15 is 0 Å². The van der Waals surface area contributed by atoms with E-state index in [1.54, 1.807) is 0 Å². The van der Waals surface area contributed by atoms with Gasteiger partial charge in [-0.15, -0.1) is 0 Å². The molecule has 0 radical (unpaired) electrons. The zero-order valence-corrected chi connectivity index (χ0v) is 25.3. The molecule has 202 valence electrons. The molecule has 0 unspecified atom stereocenters. The van der Waals surface area contributed by atoms with Gasteiger partial charge in [-0.05, 0) is 132 Å². The van der Waals surface area contributed by atoms with Crippen LogP contribution in [-0.4, -0.2) is 49.3 Å². The molecule has 0 saturated heterocycles. The highest BCUT2D eigenvalue weighted by Crippen LogP contribution is 2.27. The van der Waals surface area contributed by atoms with Crippen molar-refractivity contribution in [1.82, 2.24) is 0 Å². The molecule has 0 aromatic heterocycles. The third-order valence-electron chi connectivity index (χ3n) is 7.01. The van der Waals surface area contributed by atoms with E-state index in [0.29, 0.717) is 36.3 Å². The largest absolute Gasteiger partial charge is 0.367 e. The maximum Gasteiger partial charge on any atom is 0.0372 e. The minimum Gasteiger partial charge on any atom is -0.367 e. The quantitative estimate of drug-likeness (QED) is 0.279. The second-order valence-electron chi connectivity index (χ2n) is 11.8. The molecule has 0 bridgehead atoms. The van der Waals surface area contributed by atoms with E-state index in [2.05, 4.69) is 151 Å². The van der Waals surface area contributed by atoms with Crippen molar-refractivity contribution in [2.45, 2.75) is 119 Å². The van der Waals surface area contributed by atoms with Crippen LogP contribution in [0.2, 0.25) is 0 Å². The van der Waals surface area contributed by atoms with E-state index in [9.17, 15) is 0 Å². The molecule has 2 aromatic carbocycles. The van der Waals surface area contributed by atoms with Crippen molar-refractivity contribution in [1.29, 1.82) is 0 Å². The molecule has 0 aliphatic carbocycles. The second kappa shape index (κ2) is 13.3. The smallest absolute Gasteiger partial charge is 0.0372 e. The minimum absolute atomic E-state index is 0.434. The van der Waals surface area contributed by atoms with Gasteiger partial charge in [-0.2, -0.15) is 0 Å². The number of anilines is 4. The molecule has 0 saturated carbocycles. The minimum atomic E-state index is 0.434. The monoisotopic (exact) mass is 494 g/mol. The summed E-state index contributed by atoms with van der Waals surface area (Å²) in [6.07, 6.45) is 0. The molecule has 0 spiro atoms. The standard InChI is InChI=1S/C32H54N4/c1-23(2)33(29-13-17-31(18-14-29)35(25(5)6)26(7)8)21-22-34(24(3)4)30-15-19-32(20-16-30)36(27(9)10)28(11)12/h13-20,23-28H,21-22H2,1-12H3. The maximum atomic E-state index is 2.53. The Bertz CT molecular complexity index is 790. The number of rotatable bonds is 13. The van der Waals surface area contributed by atoms with Gasteiger partial charge in [0.1, 0.15) is 0 Å². The second-order valence-corrected chi connectivity index (χ2v) is 11.8. The van der Waals surface area contributed by atoms with E-state index in [1.165, 1.54) is 22.7 Å². The highest BCUT2D eigenvalue weighted by Gasteiger charge is 2.19. The zero-order valence-electron chi connectivity index (χ0n) is 25.3. The molecule has 0 aliphatic heterocycles. The molecule has 0 amide bonds. The zero-order chi connectivity index (χ0) is 27.2. The first-order chi connectivity index (χ1) is 16.8. The van der Waals surface area contributed by atoms with Crippen molar-refractivity contribution >= 4 is 22.7 Å². The van der Waals surface area contributed by atoms with Crippen LogP contribution in [0.25, 0.3) is 0 Å². The van der Waals surface area contributed by atoms with Crippen LogP contribution >= 0.6 is 0 Å². The Balaban J connectivity index is 2.20. The van der Waals surface area contributed by atoms with Gasteiger partial charge in [-0.1, -0.05) is 0 Å². The molecule has 0 fully saturated rings. The van der Waals surface area contributed by atoms with Gasteiger partial charge < -0.3 is 19.6 Å². The molecule has 2 aromatic rings. The average Bonchev–Trinajstić information content (AvgIpc) is 2.77. The Morgan fingerprint density at radius 3 is 0.778 bits per heavy atom. The van der Waals surface area contributed by atoms with Gasteiger partial charge in [0.2, 0.25) is 0 Å². The van der Waals surface area contributed by atoms with Gasteiger partial charge in [-0.25, -0.2) is 0 Å². The number of nitrogens with zero attached hydrogens (tertiary/aromatic N) is 4. The average molecular weight is 495 g/mol. The van der Waals surface area contributed by atoms with Crippen molar-refractivity contribution in [3.8, 4) is 0 Å². The number of hydrogen-bond acceptors (Lipinski definition) is 4. The fourth-order valence-corrected chi connectivity index (χ4v) is 5.60. The van der Waals surface area contributed by atoms with E-state index in [4.69, 9.17) is 0 Å². The van der Waals surface area contributed by atoms with Crippen LogP contribution in [0.1, 0.15) is 83.1 Å². The van der Waals surface area contributed by atoms with Gasteiger partial charge in [0.25, 0.3) is 0 Å². The van der Waals surface area contributed by atoms with Crippen LogP contribution in [0.5, 0.6) is 0 Å². The lowest BCUT2D eigenvalue weighted by atomic mass is 10.1. The van der Waals surface area contributed by atoms with Crippen LogP contribution in [0.15, 0.2) is 48.5 Å². The molecule has 2 rings (SSSR count). The Labute approximate surface area is 223 Å². The van der Waals surface area contributed by atoms with E-state index in [0.717, 1.165) is 13.1 Å². The summed E-state index contributed by atoms with van der Waals surface area (Å²) in [4.78, 5) is 10.0. The van der Waals surface area contributed by atoms with Crippen LogP contribution < -0.4 is 19.6 Å². The Hall–Kier alpha value is -2.36. The lowest BCUT2D eigenvalue weighted by molar-refractivity contribution is 0.606. The summed E-state index contributed by atoms with van der Waals surface area (Å²) < 4.78 is 0. The van der Waals surface area contributed by atoms with Gasteiger partial charge in [-0.3, -0.25) is 0 Å². The molecular weight excluding hydrogens is 440 g/mol. The van der Waals surface area contributed by atoms with Crippen LogP contribution in [0.4, 0.5) is 22.7 Å². The highest BCUT2D eigenvalue weighted by atomic mass is 15.2. The fraction of sp³-hybridized carbons (Fsp3) is 0.625. The van der Waals surface area contributed by atoms with Gasteiger partial charge in [0, 0.05) is 72.1 Å². The summed E-state index contributed by atoms with van der Waals surface area (Å²) in [5.74, 6) is 0. The molecular formula is C32H54N4. The third kappa shape index (κ3) is 7.57. The number of benzene rings is 2. The topological polar surface area (TPSA) is 13.0 Å². The molecule has 4 heteroatoms. The predicted octanol–water partition coefficient (Wildman–Crippen LogP) is 8.06. The first-order valence-electron chi connectivity index (χ1n) is 14.1. The Morgan fingerprint density at radius 2 is 0.583 bits per heavy atom. The summed E-state index contributed by atoms with van der Waals surface area (Å²) in [5, 5.41) is 0. The molecule has 0 atom stereocenters. The Kier molecular flexibility index (Phi) is 11.0. The third-order valence-corrected chi connectivity index (χ3v) is 7.01. The van der Waals surface area contributed by atoms with E-state index in [-0.39, 0.29) is 0 Å². The van der Waals surface area contributed by atoms with Gasteiger partial charge >= 0.3 is 0 Å². The summed E-state index contributed by atoms with van der Waals surface area (Å²) >= 11 is 0. The lowest BCUT2D eigenvalue weighted by Gasteiger charge is -2.37. The van der Waals surface area contributed by atoms with Crippen LogP contribution in [0, 0.1) is 0 Å². The van der Waals surface area contributed by atoms with E-state index in [1.807, 2.05) is 0 Å². The maximum absolute atomic E-state index is 2.53. The summed E-state index contributed by atoms with van der Waals surface area (Å²) in [6, 6.07) is 21.2. The molecule has 36 heavy (non-hydrogen) atoms. The van der Waals surface area contributed by atoms with E-state index < -0.39 is 0 Å². The molecule has 0 N–H and O–H groups in total.